The molecule has 18 heavy (non-hydrogen) atoms. The Morgan fingerprint density at radius 1 is 1.56 bits per heavy atom. The van der Waals surface area contributed by atoms with Gasteiger partial charge in [0.25, 0.3) is 5.89 Å². The number of nitrogens with zero attached hydrogens (tertiary/aromatic N) is 2. The summed E-state index contributed by atoms with van der Waals surface area (Å²) in [6.45, 7) is 1.83. The van der Waals surface area contributed by atoms with Crippen molar-refractivity contribution in [1.29, 1.82) is 0 Å². The number of furan rings is 1. The molecule has 0 saturated heterocycles. The molecule has 1 atom stereocenters. The molecule has 0 spiro atoms. The molecule has 0 aliphatic carbocycles. The number of thioether (sulfide) groups is 1. The minimum absolute atomic E-state index is 0.305. The van der Waals surface area contributed by atoms with Crippen LogP contribution in [0.2, 0.25) is 0 Å². The lowest BCUT2D eigenvalue weighted by Gasteiger charge is -2.06. The Morgan fingerprint density at radius 2 is 2.39 bits per heavy atom. The highest BCUT2D eigenvalue weighted by atomic mass is 32.2. The topological polar surface area (TPSA) is 89.4 Å². The first-order valence-electron chi connectivity index (χ1n) is 5.41. The summed E-state index contributed by atoms with van der Waals surface area (Å²) in [5.74, 6) is 0.751. The second-order valence-electron chi connectivity index (χ2n) is 3.52. The van der Waals surface area contributed by atoms with E-state index in [0.717, 1.165) is 0 Å². The van der Waals surface area contributed by atoms with E-state index in [0.29, 0.717) is 29.7 Å². The van der Waals surface area contributed by atoms with E-state index < -0.39 is 11.2 Å². The summed E-state index contributed by atoms with van der Waals surface area (Å²) in [4.78, 5) is 10.8. The number of rotatable bonds is 6. The fourth-order valence-corrected chi connectivity index (χ4v) is 2.19. The molecule has 2 heterocycles. The Hall–Kier alpha value is -1.76. The number of carboxylic acid groups (broad SMARTS) is 1. The summed E-state index contributed by atoms with van der Waals surface area (Å²) in [5, 5.41) is 16.1. The fraction of sp³-hybridized carbons (Fsp3) is 0.364. The van der Waals surface area contributed by atoms with Gasteiger partial charge in [0.1, 0.15) is 5.25 Å². The molecule has 0 aliphatic rings. The van der Waals surface area contributed by atoms with E-state index >= 15 is 0 Å². The van der Waals surface area contributed by atoms with Gasteiger partial charge in [0.15, 0.2) is 5.76 Å². The third-order valence-electron chi connectivity index (χ3n) is 2.25. The molecule has 0 saturated carbocycles. The first-order valence-corrected chi connectivity index (χ1v) is 6.46. The zero-order valence-corrected chi connectivity index (χ0v) is 10.5. The van der Waals surface area contributed by atoms with Gasteiger partial charge in [-0.05, 0) is 18.6 Å². The van der Waals surface area contributed by atoms with Crippen LogP contribution in [-0.4, -0.2) is 26.5 Å². The summed E-state index contributed by atoms with van der Waals surface area (Å²) >= 11 is 1.27. The highest BCUT2D eigenvalue weighted by Gasteiger charge is 2.18. The van der Waals surface area contributed by atoms with Crippen LogP contribution in [0.1, 0.15) is 19.2 Å². The first kappa shape index (κ1) is 12.7. The maximum absolute atomic E-state index is 10.8. The van der Waals surface area contributed by atoms with Gasteiger partial charge in [0.05, 0.1) is 12.0 Å². The van der Waals surface area contributed by atoms with Crippen molar-refractivity contribution < 1.29 is 18.7 Å². The van der Waals surface area contributed by atoms with Crippen molar-refractivity contribution in [1.82, 2.24) is 10.2 Å². The number of carboxylic acids is 1. The SMILES string of the molecule is CCC(SCc1nnc(-c2ccco2)o1)C(=O)O. The van der Waals surface area contributed by atoms with Crippen molar-refractivity contribution in [2.24, 2.45) is 0 Å². The number of aromatic nitrogens is 2. The summed E-state index contributed by atoms with van der Waals surface area (Å²) < 4.78 is 10.5. The third kappa shape index (κ3) is 2.92. The monoisotopic (exact) mass is 268 g/mol. The molecular formula is C11H12N2O4S. The summed E-state index contributed by atoms with van der Waals surface area (Å²) in [6.07, 6.45) is 2.07. The molecular weight excluding hydrogens is 256 g/mol. The average Bonchev–Trinajstić information content (AvgIpc) is 2.99. The fourth-order valence-electron chi connectivity index (χ4n) is 1.35. The van der Waals surface area contributed by atoms with Gasteiger partial charge in [0.2, 0.25) is 5.89 Å². The Bertz CT molecular complexity index is 509. The van der Waals surface area contributed by atoms with E-state index in [1.807, 2.05) is 6.92 Å². The molecule has 0 bridgehead atoms. The lowest BCUT2D eigenvalue weighted by atomic mass is 10.3. The zero-order chi connectivity index (χ0) is 13.0. The van der Waals surface area contributed by atoms with Crippen LogP contribution in [0.15, 0.2) is 27.2 Å². The molecule has 0 aliphatic heterocycles. The molecule has 2 aromatic heterocycles. The summed E-state index contributed by atoms with van der Waals surface area (Å²) in [6, 6.07) is 3.45. The minimum Gasteiger partial charge on any atom is -0.480 e. The van der Waals surface area contributed by atoms with Gasteiger partial charge in [-0.2, -0.15) is 0 Å². The van der Waals surface area contributed by atoms with E-state index in [4.69, 9.17) is 13.9 Å². The van der Waals surface area contributed by atoms with E-state index in [1.54, 1.807) is 12.1 Å². The van der Waals surface area contributed by atoms with Crippen molar-refractivity contribution >= 4 is 17.7 Å². The molecule has 7 heteroatoms. The van der Waals surface area contributed by atoms with Gasteiger partial charge in [-0.25, -0.2) is 0 Å². The van der Waals surface area contributed by atoms with E-state index in [-0.39, 0.29) is 0 Å². The van der Waals surface area contributed by atoms with Crippen molar-refractivity contribution in [2.45, 2.75) is 24.3 Å². The van der Waals surface area contributed by atoms with Crippen molar-refractivity contribution in [2.75, 3.05) is 0 Å². The largest absolute Gasteiger partial charge is 0.480 e. The van der Waals surface area contributed by atoms with Crippen LogP contribution in [0.25, 0.3) is 11.7 Å². The van der Waals surface area contributed by atoms with Crippen LogP contribution in [0.4, 0.5) is 0 Å². The zero-order valence-electron chi connectivity index (χ0n) is 9.70. The van der Waals surface area contributed by atoms with E-state index in [9.17, 15) is 4.79 Å². The van der Waals surface area contributed by atoms with Gasteiger partial charge in [0, 0.05) is 0 Å². The van der Waals surface area contributed by atoms with Crippen molar-refractivity contribution in [3.63, 3.8) is 0 Å². The normalized spacial score (nSPS) is 12.5. The van der Waals surface area contributed by atoms with Crippen LogP contribution in [0, 0.1) is 0 Å². The molecule has 2 aromatic rings. The quantitative estimate of drug-likeness (QED) is 0.860. The van der Waals surface area contributed by atoms with Gasteiger partial charge in [-0.15, -0.1) is 22.0 Å². The molecule has 0 radical (unpaired) electrons. The molecule has 96 valence electrons. The van der Waals surface area contributed by atoms with E-state index in [1.165, 1.54) is 18.0 Å². The second kappa shape index (κ2) is 5.72. The Balaban J connectivity index is 1.97. The number of carbonyl (C=O) groups is 1. The molecule has 0 fully saturated rings. The molecule has 1 N–H and O–H groups in total. The standard InChI is InChI=1S/C11H12N2O4S/c1-2-8(11(14)15)18-6-9-12-13-10(17-9)7-4-3-5-16-7/h3-5,8H,2,6H2,1H3,(H,14,15). The Morgan fingerprint density at radius 3 is 3.00 bits per heavy atom. The predicted octanol–water partition coefficient (Wildman–Crippen LogP) is 2.43. The summed E-state index contributed by atoms with van der Waals surface area (Å²) in [5.41, 5.74) is 0. The molecule has 0 aromatic carbocycles. The average molecular weight is 268 g/mol. The van der Waals surface area contributed by atoms with Crippen molar-refractivity contribution in [3.8, 4) is 11.7 Å². The highest BCUT2D eigenvalue weighted by molar-refractivity contribution is 7.99. The molecule has 0 amide bonds. The second-order valence-corrected chi connectivity index (χ2v) is 4.72. The third-order valence-corrected chi connectivity index (χ3v) is 3.60. The van der Waals surface area contributed by atoms with Crippen molar-refractivity contribution in [3.05, 3.63) is 24.3 Å². The smallest absolute Gasteiger partial charge is 0.316 e. The molecule has 6 nitrogen and oxygen atoms in total. The number of aliphatic carboxylic acids is 1. The van der Waals surface area contributed by atoms with Crippen LogP contribution in [-0.2, 0) is 10.5 Å². The Kier molecular flexibility index (Phi) is 4.03. The maximum atomic E-state index is 10.8. The molecule has 2 rings (SSSR count). The lowest BCUT2D eigenvalue weighted by molar-refractivity contribution is -0.136. The number of hydrogen-bond donors (Lipinski definition) is 1. The van der Waals surface area contributed by atoms with Crippen LogP contribution < -0.4 is 0 Å². The Labute approximate surface area is 107 Å². The van der Waals surface area contributed by atoms with Gasteiger partial charge < -0.3 is 13.9 Å². The van der Waals surface area contributed by atoms with E-state index in [2.05, 4.69) is 10.2 Å². The number of hydrogen-bond acceptors (Lipinski definition) is 6. The predicted molar refractivity (Wildman–Crippen MR) is 65.0 cm³/mol. The van der Waals surface area contributed by atoms with Gasteiger partial charge in [-0.3, -0.25) is 4.79 Å². The van der Waals surface area contributed by atoms with Crippen LogP contribution in [0.5, 0.6) is 0 Å². The first-order chi connectivity index (χ1) is 8.70. The van der Waals surface area contributed by atoms with Gasteiger partial charge in [-0.1, -0.05) is 6.92 Å². The maximum Gasteiger partial charge on any atom is 0.316 e. The molecule has 1 unspecified atom stereocenters. The van der Waals surface area contributed by atoms with Crippen LogP contribution >= 0.6 is 11.8 Å². The van der Waals surface area contributed by atoms with Crippen LogP contribution in [0.3, 0.4) is 0 Å². The lowest BCUT2D eigenvalue weighted by Crippen LogP contribution is -2.15. The highest BCUT2D eigenvalue weighted by Crippen LogP contribution is 2.23. The van der Waals surface area contributed by atoms with Gasteiger partial charge >= 0.3 is 5.97 Å². The summed E-state index contributed by atoms with van der Waals surface area (Å²) in [7, 11) is 0. The minimum atomic E-state index is -0.826.